The summed E-state index contributed by atoms with van der Waals surface area (Å²) in [6.45, 7) is 0.155. The van der Waals surface area contributed by atoms with Crippen molar-refractivity contribution >= 4 is 23.9 Å². The van der Waals surface area contributed by atoms with Crippen LogP contribution in [0.15, 0.2) is 0 Å². The van der Waals surface area contributed by atoms with Gasteiger partial charge in [-0.25, -0.2) is 0 Å². The molecule has 0 spiro atoms. The molecule has 205 valence electrons. The van der Waals surface area contributed by atoms with Crippen LogP contribution in [0.1, 0.15) is 0 Å². The van der Waals surface area contributed by atoms with E-state index in [1.807, 2.05) is 0 Å². The maximum Gasteiger partial charge on any atom is 3.00 e. The summed E-state index contributed by atoms with van der Waals surface area (Å²) >= 11 is 0. The molecule has 0 atom stereocenters. The number of nitrogens with zero attached hydrogens (tertiary/aromatic N) is 4. The maximum absolute atomic E-state index is 11.0. The fourth-order valence-corrected chi connectivity index (χ4v) is 2.94. The molecule has 17 nitrogen and oxygen atoms in total. The van der Waals surface area contributed by atoms with Gasteiger partial charge in [0.25, 0.3) is 0 Å². The second-order valence-electron chi connectivity index (χ2n) is 6.59. The van der Waals surface area contributed by atoms with Crippen LogP contribution in [-0.4, -0.2) is 149 Å². The minimum atomic E-state index is -1.30. The van der Waals surface area contributed by atoms with Gasteiger partial charge in [-0.1, -0.05) is 0 Å². The van der Waals surface area contributed by atoms with E-state index in [4.69, 9.17) is 0 Å². The molecule has 35 heavy (non-hydrogen) atoms. The number of carboxylic acids is 4. The number of hydrogen-bond donors (Lipinski definition) is 0. The minimum Gasteiger partial charge on any atom is -0.549 e. The first-order chi connectivity index (χ1) is 13.2. The molecule has 0 saturated carbocycles. The molecule has 0 amide bonds. The number of aliphatic carboxylic acids is 4. The molecule has 1 aliphatic heterocycles. The van der Waals surface area contributed by atoms with Gasteiger partial charge in [0.15, 0.2) is 0 Å². The van der Waals surface area contributed by atoms with Crippen LogP contribution in [0.3, 0.4) is 0 Å². The molecule has 0 unspecified atom stereocenters. The van der Waals surface area contributed by atoms with Crippen molar-refractivity contribution in [2.75, 3.05) is 78.5 Å². The molecule has 1 fully saturated rings. The van der Waals surface area contributed by atoms with Crippen LogP contribution in [-0.2, 0) is 36.2 Å². The first kappa shape index (κ1) is 50.8. The smallest absolute Gasteiger partial charge is 0.549 e. The van der Waals surface area contributed by atoms with Crippen molar-refractivity contribution in [2.45, 2.75) is 0 Å². The monoisotopic (exact) mass is 569 g/mol. The second kappa shape index (κ2) is 27.6. The summed E-state index contributed by atoms with van der Waals surface area (Å²) < 4.78 is 0. The van der Waals surface area contributed by atoms with E-state index in [0.29, 0.717) is 0 Å². The first-order valence-corrected chi connectivity index (χ1v) is 8.84. The van der Waals surface area contributed by atoms with Crippen LogP contribution in [0.5, 0.6) is 0 Å². The van der Waals surface area contributed by atoms with Gasteiger partial charge in [-0.3, -0.25) is 19.6 Å². The van der Waals surface area contributed by atoms with E-state index in [2.05, 4.69) is 0 Å². The maximum atomic E-state index is 11.0. The van der Waals surface area contributed by atoms with Gasteiger partial charge < -0.3 is 67.0 Å². The van der Waals surface area contributed by atoms with E-state index in [1.54, 1.807) is 0 Å². The number of carbonyl (C=O) groups is 4. The number of carbonyl (C=O) groups excluding carboxylic acids is 4. The van der Waals surface area contributed by atoms with Gasteiger partial charge >= 0.3 is 46.6 Å². The number of hydrogen-bond acceptors (Lipinski definition) is 12. The van der Waals surface area contributed by atoms with Crippen LogP contribution < -0.4 is 50.0 Å². The Kier molecular flexibility index (Phi) is 40.1. The molecule has 1 rings (SSSR count). The molecule has 0 aromatic heterocycles. The minimum absolute atomic E-state index is 0. The van der Waals surface area contributed by atoms with Crippen LogP contribution in [0, 0.1) is 0 Å². The van der Waals surface area contributed by atoms with E-state index < -0.39 is 23.9 Å². The van der Waals surface area contributed by atoms with Crippen LogP contribution in [0.4, 0.5) is 0 Å². The van der Waals surface area contributed by atoms with Gasteiger partial charge in [0.1, 0.15) is 0 Å². The van der Waals surface area contributed by atoms with Crippen molar-refractivity contribution in [3.05, 3.63) is 0 Å². The predicted molar refractivity (Wildman–Crippen MR) is 104 cm³/mol. The van der Waals surface area contributed by atoms with Gasteiger partial charge in [0.2, 0.25) is 0 Å². The Bertz CT molecular complexity index is 468. The Balaban J connectivity index is -0.000000224. The largest absolute Gasteiger partial charge is 3.00 e. The number of carboxylic acid groups (broad SMARTS) is 4. The Morgan fingerprint density at radius 1 is 0.429 bits per heavy atom. The first-order valence-electron chi connectivity index (χ1n) is 8.84. The summed E-state index contributed by atoms with van der Waals surface area (Å²) in [5.74, 6) is -5.20. The molecule has 0 aliphatic carbocycles. The summed E-state index contributed by atoms with van der Waals surface area (Å²) in [4.78, 5) is 49.9. The predicted octanol–water partition coefficient (Wildman–Crippen LogP) is -14.9. The quantitative estimate of drug-likeness (QED) is 0.246. The molecular formula is C16H34FeN4NaO13. The molecule has 1 aliphatic rings. The summed E-state index contributed by atoms with van der Waals surface area (Å²) in [5.41, 5.74) is 0. The van der Waals surface area contributed by atoms with Crippen molar-refractivity contribution in [3.8, 4) is 0 Å². The summed E-state index contributed by atoms with van der Waals surface area (Å²) in [6, 6.07) is 0. The zero-order valence-corrected chi connectivity index (χ0v) is 22.5. The average Bonchev–Trinajstić information content (AvgIpc) is 2.55. The van der Waals surface area contributed by atoms with Gasteiger partial charge in [0.05, 0.1) is 23.9 Å². The Labute approximate surface area is 234 Å². The molecule has 19 heteroatoms. The Hall–Kier alpha value is -0.961. The fraction of sp³-hybridized carbons (Fsp3) is 0.750. The van der Waals surface area contributed by atoms with Gasteiger partial charge in [0, 0.05) is 78.5 Å². The number of rotatable bonds is 8. The Morgan fingerprint density at radius 2 is 0.543 bits per heavy atom. The van der Waals surface area contributed by atoms with E-state index in [0.717, 1.165) is 0 Å². The van der Waals surface area contributed by atoms with Crippen molar-refractivity contribution in [1.82, 2.24) is 19.6 Å². The topological polar surface area (TPSA) is 331 Å². The zero-order valence-electron chi connectivity index (χ0n) is 19.4. The third kappa shape index (κ3) is 25.9. The van der Waals surface area contributed by atoms with Crippen LogP contribution >= 0.6 is 0 Å². The van der Waals surface area contributed by atoms with E-state index in [-0.39, 0.29) is 153 Å². The molecule has 1 heterocycles. The molecule has 0 aromatic rings. The summed E-state index contributed by atoms with van der Waals surface area (Å²) in [6.07, 6.45) is 0. The SMILES string of the molecule is O.O.O.O.O.O=C([O-])CN1CCN(CC(=O)[O-])CCN(CC(=O)[O-])CCN(CC(=O)[O-])CC1.[Fe+3].[Na+]. The second-order valence-corrected chi connectivity index (χ2v) is 6.59. The molecule has 10 N–H and O–H groups in total. The molecule has 1 saturated heterocycles. The van der Waals surface area contributed by atoms with E-state index in [1.165, 1.54) is 19.6 Å². The van der Waals surface area contributed by atoms with Gasteiger partial charge in [-0.15, -0.1) is 0 Å². The summed E-state index contributed by atoms with van der Waals surface area (Å²) in [5, 5.41) is 43.8. The van der Waals surface area contributed by atoms with Crippen molar-refractivity contribution in [2.24, 2.45) is 0 Å². The van der Waals surface area contributed by atoms with Crippen LogP contribution in [0.2, 0.25) is 0 Å². The molecule has 1 radical (unpaired) electrons. The van der Waals surface area contributed by atoms with E-state index in [9.17, 15) is 39.6 Å². The zero-order chi connectivity index (χ0) is 21.1. The average molecular weight is 569 g/mol. The normalized spacial score (nSPS) is 15.5. The standard InChI is InChI=1S/C16H28N4O8.Fe.Na.5H2O/c21-13(22)9-17-1-2-18(10-14(23)24)5-6-20(12-16(27)28)8-7-19(4-3-17)11-15(25)26;;;;;;;/h1-12H2,(H,21,22)(H,23,24)(H,25,26)(H,27,28);;;5*1H2/q;+3;+1;;;;;/p-4. The molecule has 0 aromatic carbocycles. The van der Waals surface area contributed by atoms with Crippen molar-refractivity contribution in [1.29, 1.82) is 0 Å². The molecular weight excluding hydrogens is 535 g/mol. The van der Waals surface area contributed by atoms with Crippen molar-refractivity contribution in [3.63, 3.8) is 0 Å². The van der Waals surface area contributed by atoms with Crippen molar-refractivity contribution < 1.29 is 114 Å². The van der Waals surface area contributed by atoms with Gasteiger partial charge in [-0.2, -0.15) is 0 Å². The third-order valence-electron chi connectivity index (χ3n) is 4.34. The fourth-order valence-electron chi connectivity index (χ4n) is 2.94. The summed E-state index contributed by atoms with van der Waals surface area (Å²) in [7, 11) is 0. The third-order valence-corrected chi connectivity index (χ3v) is 4.34. The van der Waals surface area contributed by atoms with Gasteiger partial charge in [-0.05, 0) is 0 Å². The Morgan fingerprint density at radius 3 is 0.629 bits per heavy atom. The molecule has 0 bridgehead atoms. The van der Waals surface area contributed by atoms with E-state index >= 15 is 0 Å². The van der Waals surface area contributed by atoms with Crippen LogP contribution in [0.25, 0.3) is 0 Å².